The van der Waals surface area contributed by atoms with E-state index in [1.165, 1.54) is 23.1 Å². The second-order valence-corrected chi connectivity index (χ2v) is 8.55. The van der Waals surface area contributed by atoms with Gasteiger partial charge in [0.25, 0.3) is 5.91 Å². The first-order valence-electron chi connectivity index (χ1n) is 11.1. The number of methoxy groups -OCH3 is 1. The summed E-state index contributed by atoms with van der Waals surface area (Å²) < 4.78 is 49.0. The van der Waals surface area contributed by atoms with Crippen molar-refractivity contribution >= 4 is 23.4 Å². The maximum atomic E-state index is 13.1. The summed E-state index contributed by atoms with van der Waals surface area (Å²) in [7, 11) is 3.15. The van der Waals surface area contributed by atoms with Crippen molar-refractivity contribution in [3.05, 3.63) is 23.8 Å². The van der Waals surface area contributed by atoms with E-state index < -0.39 is 18.5 Å². The van der Waals surface area contributed by atoms with Gasteiger partial charge in [0.1, 0.15) is 18.8 Å². The Bertz CT molecular complexity index is 893. The van der Waals surface area contributed by atoms with E-state index >= 15 is 0 Å². The van der Waals surface area contributed by atoms with Gasteiger partial charge in [0.05, 0.1) is 17.7 Å². The van der Waals surface area contributed by atoms with Gasteiger partial charge in [0.15, 0.2) is 0 Å². The van der Waals surface area contributed by atoms with Crippen LogP contribution in [0.5, 0.6) is 5.75 Å². The molecule has 1 aromatic rings. The Kier molecular flexibility index (Phi) is 9.31. The third kappa shape index (κ3) is 7.34. The summed E-state index contributed by atoms with van der Waals surface area (Å²) in [6.07, 6.45) is -6.30. The average Bonchev–Trinajstić information content (AvgIpc) is 2.76. The molecule has 3 amide bonds. The number of rotatable bonds is 4. The summed E-state index contributed by atoms with van der Waals surface area (Å²) >= 11 is 0. The van der Waals surface area contributed by atoms with Crippen molar-refractivity contribution in [2.75, 3.05) is 39.2 Å². The lowest BCUT2D eigenvalue weighted by Crippen LogP contribution is -2.48. The number of nitrogens with zero attached hydrogens (tertiary/aromatic N) is 2. The molecule has 1 N–H and O–H groups in total. The van der Waals surface area contributed by atoms with Gasteiger partial charge in [-0.3, -0.25) is 14.4 Å². The number of carbonyl (C=O) groups excluding carboxylic acids is 3. The molecule has 34 heavy (non-hydrogen) atoms. The lowest BCUT2D eigenvalue weighted by molar-refractivity contribution is -0.150. The quantitative estimate of drug-likeness (QED) is 0.704. The molecule has 0 radical (unpaired) electrons. The van der Waals surface area contributed by atoms with Crippen molar-refractivity contribution < 1.29 is 37.0 Å². The van der Waals surface area contributed by atoms with Gasteiger partial charge in [0.2, 0.25) is 11.8 Å². The van der Waals surface area contributed by atoms with Crippen molar-refractivity contribution in [2.24, 2.45) is 5.92 Å². The Morgan fingerprint density at radius 1 is 1.24 bits per heavy atom. The van der Waals surface area contributed by atoms with Crippen LogP contribution in [0.15, 0.2) is 18.2 Å². The van der Waals surface area contributed by atoms with E-state index in [4.69, 9.17) is 9.47 Å². The number of hydrogen-bond donors (Lipinski definition) is 1. The van der Waals surface area contributed by atoms with Crippen LogP contribution >= 0.6 is 0 Å². The number of carbonyl (C=O) groups is 3. The minimum absolute atomic E-state index is 0.0417. The molecule has 0 aromatic heterocycles. The van der Waals surface area contributed by atoms with E-state index in [2.05, 4.69) is 5.32 Å². The first-order chi connectivity index (χ1) is 15.9. The largest absolute Gasteiger partial charge is 0.491 e. The molecule has 0 bridgehead atoms. The van der Waals surface area contributed by atoms with Crippen LogP contribution in [0, 0.1) is 5.92 Å². The van der Waals surface area contributed by atoms with Gasteiger partial charge in [-0.15, -0.1) is 0 Å². The van der Waals surface area contributed by atoms with Crippen molar-refractivity contribution in [1.29, 1.82) is 0 Å². The predicted octanol–water partition coefficient (Wildman–Crippen LogP) is 3.32. The molecule has 1 aliphatic heterocycles. The molecule has 1 aromatic carbocycles. The fraction of sp³-hybridized carbons (Fsp3) is 0.609. The monoisotopic (exact) mass is 487 g/mol. The van der Waals surface area contributed by atoms with E-state index in [9.17, 15) is 27.6 Å². The zero-order valence-electron chi connectivity index (χ0n) is 20.1. The normalized spacial score (nSPS) is 22.2. The molecule has 0 saturated carbocycles. The molecule has 190 valence electrons. The summed E-state index contributed by atoms with van der Waals surface area (Å²) in [5, 5.41) is 2.18. The highest BCUT2D eigenvalue weighted by Gasteiger charge is 2.32. The van der Waals surface area contributed by atoms with Crippen molar-refractivity contribution in [3.8, 4) is 5.75 Å². The molecule has 11 heteroatoms. The number of amides is 3. The smallest absolute Gasteiger partial charge is 0.397 e. The number of fused-ring (bicyclic) bond motifs is 1. The van der Waals surface area contributed by atoms with E-state index in [1.807, 2.05) is 13.8 Å². The number of hydrogen-bond acceptors (Lipinski definition) is 5. The Hall–Kier alpha value is -2.82. The van der Waals surface area contributed by atoms with E-state index in [0.29, 0.717) is 13.0 Å². The van der Waals surface area contributed by atoms with Crippen LogP contribution in [0.1, 0.15) is 44.0 Å². The SMILES string of the molecule is CCC(=O)N1C[C@H](C)[C@H](OC)CN(C)C(=O)c2ccc(NC(=O)CC(F)(F)F)cc2OC[C@H]1C. The first kappa shape index (κ1) is 27.4. The molecule has 0 unspecified atom stereocenters. The molecule has 2 rings (SSSR count). The van der Waals surface area contributed by atoms with Crippen LogP contribution in [0.25, 0.3) is 0 Å². The van der Waals surface area contributed by atoms with Crippen molar-refractivity contribution in [1.82, 2.24) is 9.80 Å². The highest BCUT2D eigenvalue weighted by Crippen LogP contribution is 2.28. The zero-order chi connectivity index (χ0) is 25.6. The van der Waals surface area contributed by atoms with E-state index in [1.54, 1.807) is 26.0 Å². The van der Waals surface area contributed by atoms with Crippen LogP contribution in [0.4, 0.5) is 18.9 Å². The Morgan fingerprint density at radius 3 is 2.50 bits per heavy atom. The van der Waals surface area contributed by atoms with Gasteiger partial charge < -0.3 is 24.6 Å². The summed E-state index contributed by atoms with van der Waals surface area (Å²) in [6, 6.07) is 3.71. The van der Waals surface area contributed by atoms with Gasteiger partial charge in [-0.05, 0) is 19.1 Å². The maximum absolute atomic E-state index is 13.1. The highest BCUT2D eigenvalue weighted by molar-refractivity contribution is 5.98. The number of ether oxygens (including phenoxy) is 2. The number of benzene rings is 1. The second kappa shape index (κ2) is 11.5. The molecule has 1 heterocycles. The third-order valence-corrected chi connectivity index (χ3v) is 5.71. The van der Waals surface area contributed by atoms with Crippen LogP contribution in [0.3, 0.4) is 0 Å². The molecule has 0 saturated heterocycles. The topological polar surface area (TPSA) is 88.2 Å². The first-order valence-corrected chi connectivity index (χ1v) is 11.1. The summed E-state index contributed by atoms with van der Waals surface area (Å²) in [5.74, 6) is -1.63. The molecule has 0 fully saturated rings. The minimum Gasteiger partial charge on any atom is -0.491 e. The van der Waals surface area contributed by atoms with Crippen LogP contribution in [0.2, 0.25) is 0 Å². The lowest BCUT2D eigenvalue weighted by Gasteiger charge is -2.36. The van der Waals surface area contributed by atoms with Crippen LogP contribution in [-0.4, -0.2) is 79.7 Å². The molecule has 0 aliphatic carbocycles. The Balaban J connectivity index is 2.41. The van der Waals surface area contributed by atoms with Crippen LogP contribution < -0.4 is 10.1 Å². The zero-order valence-corrected chi connectivity index (χ0v) is 20.1. The molecular formula is C23H32F3N3O5. The van der Waals surface area contributed by atoms with Gasteiger partial charge in [0, 0.05) is 51.3 Å². The number of likely N-dealkylation sites (N-methyl/N-ethyl adjacent to an activating group) is 1. The fourth-order valence-electron chi connectivity index (χ4n) is 3.79. The van der Waals surface area contributed by atoms with Gasteiger partial charge in [-0.2, -0.15) is 13.2 Å². The number of nitrogens with one attached hydrogen (secondary N) is 1. The Labute approximate surface area is 197 Å². The molecule has 1 aliphatic rings. The summed E-state index contributed by atoms with van der Waals surface area (Å²) in [6.45, 7) is 6.23. The van der Waals surface area contributed by atoms with Crippen molar-refractivity contribution in [3.63, 3.8) is 0 Å². The Morgan fingerprint density at radius 2 is 1.91 bits per heavy atom. The summed E-state index contributed by atoms with van der Waals surface area (Å²) in [4.78, 5) is 40.6. The van der Waals surface area contributed by atoms with Crippen molar-refractivity contribution in [2.45, 2.75) is 51.9 Å². The molecular weight excluding hydrogens is 455 g/mol. The predicted molar refractivity (Wildman–Crippen MR) is 120 cm³/mol. The fourth-order valence-corrected chi connectivity index (χ4v) is 3.79. The molecule has 8 nitrogen and oxygen atoms in total. The lowest BCUT2D eigenvalue weighted by atomic mass is 10.0. The number of anilines is 1. The van der Waals surface area contributed by atoms with E-state index in [0.717, 1.165) is 0 Å². The number of alkyl halides is 3. The summed E-state index contributed by atoms with van der Waals surface area (Å²) in [5.41, 5.74) is 0.244. The van der Waals surface area contributed by atoms with Gasteiger partial charge >= 0.3 is 6.18 Å². The van der Waals surface area contributed by atoms with E-state index in [-0.39, 0.29) is 60.0 Å². The number of halogens is 3. The van der Waals surface area contributed by atoms with Gasteiger partial charge in [-0.1, -0.05) is 13.8 Å². The standard InChI is InChI=1S/C23H32F3N3O5/c1-6-21(31)29-11-14(2)19(33-5)12-28(4)22(32)17-8-7-16(9-18(17)34-13-15(29)3)27-20(30)10-23(24,25)26/h7-9,14-15,19H,6,10-13H2,1-5H3,(H,27,30)/t14-,15+,19+/m0/s1. The van der Waals surface area contributed by atoms with Gasteiger partial charge in [-0.25, -0.2) is 0 Å². The van der Waals surface area contributed by atoms with Crippen LogP contribution in [-0.2, 0) is 14.3 Å². The average molecular weight is 488 g/mol. The maximum Gasteiger partial charge on any atom is 0.397 e. The molecule has 0 spiro atoms. The second-order valence-electron chi connectivity index (χ2n) is 8.55. The highest BCUT2D eigenvalue weighted by atomic mass is 19.4. The molecule has 3 atom stereocenters. The minimum atomic E-state index is -4.64. The third-order valence-electron chi connectivity index (χ3n) is 5.71.